The lowest BCUT2D eigenvalue weighted by atomic mass is 9.80. The summed E-state index contributed by atoms with van der Waals surface area (Å²) < 4.78 is 5.08. The maximum Gasteiger partial charge on any atom is 0.310 e. The van der Waals surface area contributed by atoms with Crippen molar-refractivity contribution in [1.29, 1.82) is 0 Å². The van der Waals surface area contributed by atoms with Gasteiger partial charge in [-0.25, -0.2) is 0 Å². The Bertz CT molecular complexity index is 797. The number of piperazine rings is 1. The second-order valence-corrected chi connectivity index (χ2v) is 10.6. The first-order chi connectivity index (χ1) is 15.4. The first kappa shape index (κ1) is 25.7. The lowest BCUT2D eigenvalue weighted by Crippen LogP contribution is -2.60. The molecular formula is C27H43N3O3. The van der Waals surface area contributed by atoms with Gasteiger partial charge in [-0.3, -0.25) is 19.4 Å². The summed E-state index contributed by atoms with van der Waals surface area (Å²) >= 11 is 0. The predicted molar refractivity (Wildman–Crippen MR) is 132 cm³/mol. The fraction of sp³-hybridized carbons (Fsp3) is 0.704. The Labute approximate surface area is 200 Å². The van der Waals surface area contributed by atoms with E-state index in [4.69, 9.17) is 4.74 Å². The third-order valence-electron chi connectivity index (χ3n) is 7.99. The molecule has 0 spiro atoms. The third-order valence-corrected chi connectivity index (χ3v) is 7.99. The average molecular weight is 458 g/mol. The molecule has 2 aliphatic carbocycles. The van der Waals surface area contributed by atoms with Crippen LogP contribution in [0.3, 0.4) is 0 Å². The van der Waals surface area contributed by atoms with Crippen molar-refractivity contribution in [3.8, 4) is 0 Å². The van der Waals surface area contributed by atoms with Crippen molar-refractivity contribution in [1.82, 2.24) is 15.1 Å². The van der Waals surface area contributed by atoms with Crippen LogP contribution < -0.4 is 5.32 Å². The molecule has 0 aromatic heterocycles. The molecule has 0 radical (unpaired) electrons. The quantitative estimate of drug-likeness (QED) is 0.660. The van der Waals surface area contributed by atoms with Crippen molar-refractivity contribution in [2.45, 2.75) is 71.5 Å². The van der Waals surface area contributed by atoms with Gasteiger partial charge in [0.25, 0.3) is 0 Å². The Hall–Kier alpha value is -1.92. The molecule has 4 unspecified atom stereocenters. The predicted octanol–water partition coefficient (Wildman–Crippen LogP) is 3.70. The number of nitrogens with zero attached hydrogens (tertiary/aromatic N) is 2. The molecule has 1 aromatic carbocycles. The fourth-order valence-electron chi connectivity index (χ4n) is 6.33. The van der Waals surface area contributed by atoms with Crippen LogP contribution in [0, 0.1) is 17.8 Å². The van der Waals surface area contributed by atoms with Crippen LogP contribution in [0.1, 0.15) is 58.9 Å². The standard InChI is InChI=1S/C26H39N3O3.CH4/c1-26(2)18-28(13-14-29(26)16-19-9-5-4-6-10-19)17-23(30)27-24-21-12-8-7-11-20(21)15-22(24)25(31)32-3;/h4-6,9-10,20-22,24H,7-8,11-18H2,1-3H3,(H,27,30);1H4. The summed E-state index contributed by atoms with van der Waals surface area (Å²) in [5.41, 5.74) is 1.31. The van der Waals surface area contributed by atoms with Gasteiger partial charge in [0, 0.05) is 37.8 Å². The topological polar surface area (TPSA) is 61.9 Å². The molecule has 1 N–H and O–H groups in total. The number of esters is 1. The lowest BCUT2D eigenvalue weighted by molar-refractivity contribution is -0.146. The van der Waals surface area contributed by atoms with Crippen LogP contribution in [0.15, 0.2) is 30.3 Å². The first-order valence-corrected chi connectivity index (χ1v) is 12.3. The number of carbonyl (C=O) groups excluding carboxylic acids is 2. The van der Waals surface area contributed by atoms with E-state index in [1.54, 1.807) is 0 Å². The molecule has 1 amide bonds. The molecule has 3 fully saturated rings. The van der Waals surface area contributed by atoms with Gasteiger partial charge in [-0.2, -0.15) is 0 Å². The van der Waals surface area contributed by atoms with E-state index in [0.717, 1.165) is 39.0 Å². The number of benzene rings is 1. The Morgan fingerprint density at radius 2 is 1.85 bits per heavy atom. The van der Waals surface area contributed by atoms with Gasteiger partial charge in [-0.1, -0.05) is 57.0 Å². The third kappa shape index (κ3) is 5.96. The minimum Gasteiger partial charge on any atom is -0.469 e. The lowest BCUT2D eigenvalue weighted by Gasteiger charge is -2.47. The number of ether oxygens (including phenoxy) is 1. The minimum absolute atomic E-state index is 0. The summed E-state index contributed by atoms with van der Waals surface area (Å²) in [6.45, 7) is 8.51. The van der Waals surface area contributed by atoms with Crippen LogP contribution in [-0.4, -0.2) is 66.5 Å². The van der Waals surface area contributed by atoms with Crippen molar-refractivity contribution in [3.05, 3.63) is 35.9 Å². The molecule has 6 heteroatoms. The summed E-state index contributed by atoms with van der Waals surface area (Å²) in [6, 6.07) is 10.5. The molecule has 0 bridgehead atoms. The zero-order valence-corrected chi connectivity index (χ0v) is 19.9. The molecule has 33 heavy (non-hydrogen) atoms. The Kier molecular flexibility index (Phi) is 8.57. The zero-order valence-electron chi connectivity index (χ0n) is 19.9. The summed E-state index contributed by atoms with van der Waals surface area (Å²) in [6.07, 6.45) is 5.56. The van der Waals surface area contributed by atoms with Crippen LogP contribution >= 0.6 is 0 Å². The molecule has 4 atom stereocenters. The van der Waals surface area contributed by atoms with E-state index in [2.05, 4.69) is 59.3 Å². The Morgan fingerprint density at radius 3 is 2.55 bits per heavy atom. The Morgan fingerprint density at radius 1 is 1.12 bits per heavy atom. The minimum atomic E-state index is -0.198. The van der Waals surface area contributed by atoms with Gasteiger partial charge in [0.2, 0.25) is 5.91 Å². The highest BCUT2D eigenvalue weighted by atomic mass is 16.5. The highest BCUT2D eigenvalue weighted by Gasteiger charge is 2.48. The maximum atomic E-state index is 13.1. The number of fused-ring (bicyclic) bond motifs is 1. The molecule has 1 aliphatic heterocycles. The average Bonchev–Trinajstić information content (AvgIpc) is 3.14. The van der Waals surface area contributed by atoms with Gasteiger partial charge in [0.15, 0.2) is 0 Å². The van der Waals surface area contributed by atoms with E-state index in [0.29, 0.717) is 18.4 Å². The molecule has 3 aliphatic rings. The van der Waals surface area contributed by atoms with Gasteiger partial charge in [-0.15, -0.1) is 0 Å². The molecule has 1 aromatic rings. The largest absolute Gasteiger partial charge is 0.469 e. The van der Waals surface area contributed by atoms with Crippen LogP contribution in [0.5, 0.6) is 0 Å². The Balaban J connectivity index is 0.00000306. The molecule has 1 saturated heterocycles. The number of amides is 1. The van der Waals surface area contributed by atoms with Crippen molar-refractivity contribution in [2.75, 3.05) is 33.3 Å². The molecular weight excluding hydrogens is 414 g/mol. The molecule has 2 saturated carbocycles. The molecule has 184 valence electrons. The number of methoxy groups -OCH3 is 1. The highest BCUT2D eigenvalue weighted by molar-refractivity contribution is 5.80. The van der Waals surface area contributed by atoms with Crippen molar-refractivity contribution in [2.24, 2.45) is 17.8 Å². The van der Waals surface area contributed by atoms with Gasteiger partial charge < -0.3 is 10.1 Å². The molecule has 1 heterocycles. The summed E-state index contributed by atoms with van der Waals surface area (Å²) in [4.78, 5) is 30.3. The van der Waals surface area contributed by atoms with Gasteiger partial charge in [0.1, 0.15) is 0 Å². The van der Waals surface area contributed by atoms with E-state index < -0.39 is 0 Å². The summed E-state index contributed by atoms with van der Waals surface area (Å²) in [5.74, 6) is 0.633. The van der Waals surface area contributed by atoms with E-state index >= 15 is 0 Å². The van der Waals surface area contributed by atoms with Crippen molar-refractivity contribution in [3.63, 3.8) is 0 Å². The van der Waals surface area contributed by atoms with E-state index in [1.165, 1.54) is 31.9 Å². The van der Waals surface area contributed by atoms with E-state index in [-0.39, 0.29) is 36.8 Å². The zero-order chi connectivity index (χ0) is 22.7. The summed E-state index contributed by atoms with van der Waals surface area (Å²) in [5, 5.41) is 3.27. The highest BCUT2D eigenvalue weighted by Crippen LogP contribution is 2.45. The van der Waals surface area contributed by atoms with Crippen LogP contribution in [0.2, 0.25) is 0 Å². The number of hydrogen-bond acceptors (Lipinski definition) is 5. The van der Waals surface area contributed by atoms with Crippen molar-refractivity contribution >= 4 is 11.9 Å². The fourth-order valence-corrected chi connectivity index (χ4v) is 6.33. The second-order valence-electron chi connectivity index (χ2n) is 10.6. The number of rotatable bonds is 6. The molecule has 6 nitrogen and oxygen atoms in total. The molecule has 4 rings (SSSR count). The van der Waals surface area contributed by atoms with Gasteiger partial charge in [-0.05, 0) is 44.1 Å². The van der Waals surface area contributed by atoms with Crippen molar-refractivity contribution < 1.29 is 14.3 Å². The van der Waals surface area contributed by atoms with Crippen LogP contribution in [-0.2, 0) is 20.9 Å². The number of hydrogen-bond donors (Lipinski definition) is 1. The van der Waals surface area contributed by atoms with Gasteiger partial charge >= 0.3 is 5.97 Å². The van der Waals surface area contributed by atoms with Gasteiger partial charge in [0.05, 0.1) is 19.6 Å². The van der Waals surface area contributed by atoms with Crippen LogP contribution in [0.25, 0.3) is 0 Å². The summed E-state index contributed by atoms with van der Waals surface area (Å²) in [7, 11) is 1.46. The smallest absolute Gasteiger partial charge is 0.310 e. The second kappa shape index (κ2) is 11.0. The van der Waals surface area contributed by atoms with E-state index in [9.17, 15) is 9.59 Å². The number of nitrogens with one attached hydrogen (secondary N) is 1. The number of carbonyl (C=O) groups is 2. The van der Waals surface area contributed by atoms with E-state index in [1.807, 2.05) is 0 Å². The normalized spacial score (nSPS) is 29.5. The monoisotopic (exact) mass is 457 g/mol. The first-order valence-electron chi connectivity index (χ1n) is 12.3. The SMILES string of the molecule is C.COC(=O)C1CC2CCCCC2C1NC(=O)CN1CCN(Cc2ccccc2)C(C)(C)C1. The van der Waals surface area contributed by atoms with Crippen LogP contribution in [0.4, 0.5) is 0 Å². The maximum absolute atomic E-state index is 13.1.